The molecule has 0 amide bonds. The van der Waals surface area contributed by atoms with E-state index < -0.39 is 6.10 Å². The Labute approximate surface area is 232 Å². The topological polar surface area (TPSA) is 66.4 Å². The van der Waals surface area contributed by atoms with E-state index in [4.69, 9.17) is 23.7 Å². The van der Waals surface area contributed by atoms with Crippen molar-refractivity contribution in [1.82, 2.24) is 0 Å². The van der Waals surface area contributed by atoms with Crippen LogP contribution in [-0.4, -0.2) is 33.5 Å². The Morgan fingerprint density at radius 1 is 0.667 bits per heavy atom. The van der Waals surface area contributed by atoms with Crippen LogP contribution in [0.2, 0.25) is 0 Å². The summed E-state index contributed by atoms with van der Waals surface area (Å²) >= 11 is 0. The van der Waals surface area contributed by atoms with Gasteiger partial charge in [0.1, 0.15) is 17.6 Å². The summed E-state index contributed by atoms with van der Waals surface area (Å²) in [5.74, 6) is 3.53. The number of ether oxygens (including phenoxy) is 5. The predicted molar refractivity (Wildman–Crippen MR) is 155 cm³/mol. The van der Waals surface area contributed by atoms with Gasteiger partial charge in [-0.25, -0.2) is 0 Å². The van der Waals surface area contributed by atoms with Crippen molar-refractivity contribution in [2.24, 2.45) is 0 Å². The van der Waals surface area contributed by atoms with Gasteiger partial charge in [0.05, 0.1) is 28.4 Å². The second kappa shape index (κ2) is 10.4. The van der Waals surface area contributed by atoms with Crippen molar-refractivity contribution in [1.29, 1.82) is 0 Å². The number of phenolic OH excluding ortho intramolecular Hbond substituents is 1. The summed E-state index contributed by atoms with van der Waals surface area (Å²) in [6, 6.07) is 13.8. The molecule has 0 aromatic heterocycles. The lowest BCUT2D eigenvalue weighted by atomic mass is 9.77. The molecule has 0 fully saturated rings. The highest BCUT2D eigenvalue weighted by molar-refractivity contribution is 5.83. The molecule has 3 aromatic rings. The summed E-state index contributed by atoms with van der Waals surface area (Å²) in [4.78, 5) is 0. The van der Waals surface area contributed by atoms with E-state index in [1.807, 2.05) is 36.4 Å². The Morgan fingerprint density at radius 2 is 1.18 bits per heavy atom. The van der Waals surface area contributed by atoms with Crippen LogP contribution in [0, 0.1) is 0 Å². The average molecular weight is 533 g/mol. The summed E-state index contributed by atoms with van der Waals surface area (Å²) in [6.07, 6.45) is 1.54. The molecule has 3 aromatic carbocycles. The maximum Gasteiger partial charge on any atom is 0.161 e. The van der Waals surface area contributed by atoms with Crippen LogP contribution in [0.3, 0.4) is 0 Å². The SMILES string of the molecule is COc1ccc(C2=Cc3cc(OC)c(OC)cc3C(c3cc(C(C)(C)C)c(O)c(C(C)(C)C)c3)O2)cc1OC. The Balaban J connectivity index is 1.99. The number of phenols is 1. The van der Waals surface area contributed by atoms with Crippen molar-refractivity contribution >= 4 is 11.8 Å². The molecule has 1 atom stereocenters. The Hall–Kier alpha value is -3.80. The Bertz CT molecular complexity index is 1370. The molecule has 208 valence electrons. The van der Waals surface area contributed by atoms with Crippen LogP contribution in [0.1, 0.15) is 81.0 Å². The molecule has 0 radical (unpaired) electrons. The maximum absolute atomic E-state index is 11.4. The van der Waals surface area contributed by atoms with Gasteiger partial charge in [-0.3, -0.25) is 0 Å². The minimum atomic E-state index is -0.462. The summed E-state index contributed by atoms with van der Waals surface area (Å²) < 4.78 is 29.1. The molecule has 0 spiro atoms. The normalized spacial score (nSPS) is 15.1. The second-order valence-corrected chi connectivity index (χ2v) is 11.9. The molecule has 1 aliphatic heterocycles. The fourth-order valence-corrected chi connectivity index (χ4v) is 4.97. The number of hydrogen-bond donors (Lipinski definition) is 1. The molecule has 4 rings (SSSR count). The minimum absolute atomic E-state index is 0.281. The molecular formula is C33H40O6. The first kappa shape index (κ1) is 28.2. The monoisotopic (exact) mass is 532 g/mol. The molecule has 1 unspecified atom stereocenters. The Kier molecular flexibility index (Phi) is 7.53. The van der Waals surface area contributed by atoms with Crippen LogP contribution in [0.15, 0.2) is 42.5 Å². The van der Waals surface area contributed by atoms with Crippen LogP contribution < -0.4 is 18.9 Å². The lowest BCUT2D eigenvalue weighted by molar-refractivity contribution is 0.204. The van der Waals surface area contributed by atoms with Crippen LogP contribution in [0.25, 0.3) is 11.8 Å². The van der Waals surface area contributed by atoms with E-state index in [1.165, 1.54) is 0 Å². The molecule has 6 heteroatoms. The summed E-state index contributed by atoms with van der Waals surface area (Å²) in [7, 11) is 6.49. The highest BCUT2D eigenvalue weighted by atomic mass is 16.5. The number of methoxy groups -OCH3 is 4. The molecule has 0 aliphatic carbocycles. The van der Waals surface area contributed by atoms with Crippen molar-refractivity contribution in [2.75, 3.05) is 28.4 Å². The zero-order chi connectivity index (χ0) is 28.7. The van der Waals surface area contributed by atoms with Gasteiger partial charge in [0, 0.05) is 11.1 Å². The third kappa shape index (κ3) is 5.38. The predicted octanol–water partition coefficient (Wildman–Crippen LogP) is 7.64. The zero-order valence-electron chi connectivity index (χ0n) is 24.7. The van der Waals surface area contributed by atoms with E-state index in [1.54, 1.807) is 28.4 Å². The lowest BCUT2D eigenvalue weighted by Gasteiger charge is -2.32. The van der Waals surface area contributed by atoms with E-state index in [9.17, 15) is 5.11 Å². The fraction of sp³-hybridized carbons (Fsp3) is 0.394. The number of aromatic hydroxyl groups is 1. The van der Waals surface area contributed by atoms with Gasteiger partial charge < -0.3 is 28.8 Å². The standard InChI is InChI=1S/C33H40O6/c1-32(2,3)23-13-21(14-24(30(23)34)33(4,5)6)31-22-18-29(38-10)28(37-9)17-20(22)16-26(39-31)19-11-12-25(35-7)27(15-19)36-8/h11-18,31,34H,1-10H3. The van der Waals surface area contributed by atoms with E-state index in [0.29, 0.717) is 34.5 Å². The van der Waals surface area contributed by atoms with E-state index in [-0.39, 0.29) is 10.8 Å². The maximum atomic E-state index is 11.4. The van der Waals surface area contributed by atoms with Gasteiger partial charge in [0.2, 0.25) is 0 Å². The molecule has 1 aliphatic rings. The second-order valence-electron chi connectivity index (χ2n) is 11.9. The van der Waals surface area contributed by atoms with E-state index in [2.05, 4.69) is 53.7 Å². The van der Waals surface area contributed by atoms with Gasteiger partial charge >= 0.3 is 0 Å². The third-order valence-corrected chi connectivity index (χ3v) is 7.12. The fourth-order valence-electron chi connectivity index (χ4n) is 4.97. The van der Waals surface area contributed by atoms with Gasteiger partial charge in [-0.15, -0.1) is 0 Å². The van der Waals surface area contributed by atoms with Crippen LogP contribution in [-0.2, 0) is 15.6 Å². The number of benzene rings is 3. The largest absolute Gasteiger partial charge is 0.507 e. The zero-order valence-corrected chi connectivity index (χ0v) is 24.7. The van der Waals surface area contributed by atoms with Gasteiger partial charge in [-0.2, -0.15) is 0 Å². The lowest BCUT2D eigenvalue weighted by Crippen LogP contribution is -2.20. The van der Waals surface area contributed by atoms with Crippen molar-refractivity contribution in [2.45, 2.75) is 58.5 Å². The average Bonchev–Trinajstić information content (AvgIpc) is 2.89. The first-order valence-electron chi connectivity index (χ1n) is 13.1. The van der Waals surface area contributed by atoms with Gasteiger partial charge in [-0.05, 0) is 81.6 Å². The van der Waals surface area contributed by atoms with Crippen molar-refractivity contribution in [3.8, 4) is 28.7 Å². The molecule has 39 heavy (non-hydrogen) atoms. The molecular weight excluding hydrogens is 492 g/mol. The van der Waals surface area contributed by atoms with E-state index >= 15 is 0 Å². The molecule has 6 nitrogen and oxygen atoms in total. The third-order valence-electron chi connectivity index (χ3n) is 7.12. The van der Waals surface area contributed by atoms with Crippen LogP contribution in [0.5, 0.6) is 28.7 Å². The highest BCUT2D eigenvalue weighted by Crippen LogP contribution is 2.48. The molecule has 1 N–H and O–H groups in total. The van der Waals surface area contributed by atoms with Crippen LogP contribution in [0.4, 0.5) is 0 Å². The van der Waals surface area contributed by atoms with Gasteiger partial charge in [0.25, 0.3) is 0 Å². The molecule has 0 saturated heterocycles. The quantitative estimate of drug-likeness (QED) is 0.352. The molecule has 1 heterocycles. The first-order chi connectivity index (χ1) is 18.3. The minimum Gasteiger partial charge on any atom is -0.507 e. The molecule has 0 bridgehead atoms. The number of hydrogen-bond acceptors (Lipinski definition) is 6. The summed E-state index contributed by atoms with van der Waals surface area (Å²) in [5.41, 5.74) is 4.88. The molecule has 0 saturated carbocycles. The van der Waals surface area contributed by atoms with Crippen molar-refractivity contribution < 1.29 is 28.8 Å². The first-order valence-corrected chi connectivity index (χ1v) is 13.1. The van der Waals surface area contributed by atoms with Crippen molar-refractivity contribution in [3.05, 3.63) is 75.8 Å². The van der Waals surface area contributed by atoms with E-state index in [0.717, 1.165) is 33.4 Å². The van der Waals surface area contributed by atoms with Crippen LogP contribution >= 0.6 is 0 Å². The highest BCUT2D eigenvalue weighted by Gasteiger charge is 2.32. The number of fused-ring (bicyclic) bond motifs is 1. The smallest absolute Gasteiger partial charge is 0.161 e. The van der Waals surface area contributed by atoms with Crippen molar-refractivity contribution in [3.63, 3.8) is 0 Å². The number of rotatable bonds is 6. The summed E-state index contributed by atoms with van der Waals surface area (Å²) in [5, 5.41) is 11.4. The Morgan fingerprint density at radius 3 is 1.69 bits per heavy atom. The van der Waals surface area contributed by atoms with Gasteiger partial charge in [0.15, 0.2) is 23.0 Å². The summed E-state index contributed by atoms with van der Waals surface area (Å²) in [6.45, 7) is 12.6. The van der Waals surface area contributed by atoms with Gasteiger partial charge in [-0.1, -0.05) is 41.5 Å².